The normalized spacial score (nSPS) is 13.0. The number of carbonyl (C=O) groups is 1. The van der Waals surface area contributed by atoms with E-state index in [0.29, 0.717) is 43.2 Å². The van der Waals surface area contributed by atoms with Crippen molar-refractivity contribution in [3.63, 3.8) is 0 Å². The molecule has 5 heteroatoms. The van der Waals surface area contributed by atoms with Gasteiger partial charge in [0.2, 0.25) is 0 Å². The van der Waals surface area contributed by atoms with Gasteiger partial charge in [-0.15, -0.1) is 0 Å². The first-order valence-electron chi connectivity index (χ1n) is 8.29. The smallest absolute Gasteiger partial charge is 0.164 e. The van der Waals surface area contributed by atoms with Crippen LogP contribution in [0.25, 0.3) is 10.8 Å². The molecule has 0 fully saturated rings. The third kappa shape index (κ3) is 3.18. The number of ketones is 1. The van der Waals surface area contributed by atoms with Crippen molar-refractivity contribution in [2.75, 3.05) is 20.3 Å². The molecule has 25 heavy (non-hydrogen) atoms. The Hall–Kier alpha value is -2.95. The van der Waals surface area contributed by atoms with Crippen LogP contribution in [0.1, 0.15) is 16.8 Å². The number of ether oxygens (including phenoxy) is 3. The van der Waals surface area contributed by atoms with Crippen LogP contribution in [0.3, 0.4) is 0 Å². The molecule has 0 radical (unpaired) electrons. The van der Waals surface area contributed by atoms with Gasteiger partial charge in [0.1, 0.15) is 19.0 Å². The Labute approximate surface area is 145 Å². The van der Waals surface area contributed by atoms with E-state index in [4.69, 9.17) is 14.2 Å². The van der Waals surface area contributed by atoms with E-state index in [1.165, 1.54) is 0 Å². The Morgan fingerprint density at radius 1 is 1.04 bits per heavy atom. The third-order valence-electron chi connectivity index (χ3n) is 4.36. The molecule has 128 valence electrons. The summed E-state index contributed by atoms with van der Waals surface area (Å²) in [6.07, 6.45) is 4.51. The molecule has 0 amide bonds. The van der Waals surface area contributed by atoms with Gasteiger partial charge in [0, 0.05) is 36.3 Å². The van der Waals surface area contributed by atoms with Gasteiger partial charge in [-0.2, -0.15) is 0 Å². The van der Waals surface area contributed by atoms with Crippen LogP contribution in [0.15, 0.2) is 48.8 Å². The average molecular weight is 337 g/mol. The molecule has 2 heterocycles. The van der Waals surface area contributed by atoms with E-state index in [9.17, 15) is 4.79 Å². The monoisotopic (exact) mass is 337 g/mol. The fourth-order valence-electron chi connectivity index (χ4n) is 3.02. The summed E-state index contributed by atoms with van der Waals surface area (Å²) in [7, 11) is 1.66. The Bertz CT molecular complexity index is 929. The van der Waals surface area contributed by atoms with Gasteiger partial charge in [0.25, 0.3) is 0 Å². The number of aromatic nitrogens is 1. The highest BCUT2D eigenvalue weighted by molar-refractivity contribution is 5.96. The van der Waals surface area contributed by atoms with Gasteiger partial charge >= 0.3 is 0 Å². The van der Waals surface area contributed by atoms with Gasteiger partial charge in [-0.1, -0.05) is 0 Å². The molecule has 0 spiro atoms. The van der Waals surface area contributed by atoms with E-state index >= 15 is 0 Å². The van der Waals surface area contributed by atoms with Gasteiger partial charge in [-0.05, 0) is 41.8 Å². The van der Waals surface area contributed by atoms with Gasteiger partial charge in [-0.25, -0.2) is 0 Å². The van der Waals surface area contributed by atoms with Crippen molar-refractivity contribution in [2.24, 2.45) is 0 Å². The van der Waals surface area contributed by atoms with Gasteiger partial charge in [0.05, 0.1) is 7.11 Å². The third-order valence-corrected chi connectivity index (χ3v) is 4.36. The van der Waals surface area contributed by atoms with Crippen molar-refractivity contribution in [3.8, 4) is 17.2 Å². The molecule has 3 aromatic rings. The predicted molar refractivity (Wildman–Crippen MR) is 94.9 cm³/mol. The predicted octanol–water partition coefficient (Wildman–Crippen LogP) is 3.69. The van der Waals surface area contributed by atoms with Crippen molar-refractivity contribution < 1.29 is 19.0 Å². The molecule has 0 saturated heterocycles. The van der Waals surface area contributed by atoms with Crippen molar-refractivity contribution in [2.45, 2.75) is 13.0 Å². The standard InChI is InChI=1S/C20H19NO4/c1-23-17-4-2-15-12-21(13-16(15)10-17)7-6-18(22)14-3-5-19-20(11-14)25-9-8-24-19/h2-5,10-13H,6-9H2,1H3. The summed E-state index contributed by atoms with van der Waals surface area (Å²) < 4.78 is 18.3. The highest BCUT2D eigenvalue weighted by atomic mass is 16.6. The van der Waals surface area contributed by atoms with Gasteiger partial charge in [0.15, 0.2) is 17.3 Å². The molecule has 0 N–H and O–H groups in total. The number of fused-ring (bicyclic) bond motifs is 2. The number of rotatable bonds is 5. The van der Waals surface area contributed by atoms with E-state index in [1.54, 1.807) is 25.3 Å². The fraction of sp³-hybridized carbons (Fsp3) is 0.250. The van der Waals surface area contributed by atoms with Gasteiger partial charge < -0.3 is 18.8 Å². The number of carbonyl (C=O) groups excluding carboxylic acids is 1. The SMILES string of the molecule is COc1ccc2cn(CCC(=O)c3ccc4c(c3)OCCO4)cc2c1. The number of aryl methyl sites for hydroxylation is 1. The van der Waals surface area contributed by atoms with Crippen molar-refractivity contribution >= 4 is 16.6 Å². The summed E-state index contributed by atoms with van der Waals surface area (Å²) in [6, 6.07) is 11.3. The maximum absolute atomic E-state index is 12.5. The zero-order chi connectivity index (χ0) is 17.2. The average Bonchev–Trinajstić information content (AvgIpc) is 3.07. The van der Waals surface area contributed by atoms with E-state index < -0.39 is 0 Å². The summed E-state index contributed by atoms with van der Waals surface area (Å²) >= 11 is 0. The number of hydrogen-bond acceptors (Lipinski definition) is 4. The quantitative estimate of drug-likeness (QED) is 0.666. The van der Waals surface area contributed by atoms with Gasteiger partial charge in [-0.3, -0.25) is 4.79 Å². The molecule has 0 atom stereocenters. The molecule has 0 saturated carbocycles. The van der Waals surface area contributed by atoms with Crippen molar-refractivity contribution in [3.05, 3.63) is 54.4 Å². The van der Waals surface area contributed by atoms with E-state index in [1.807, 2.05) is 35.2 Å². The maximum atomic E-state index is 12.5. The molecule has 0 unspecified atom stereocenters. The number of nitrogens with zero attached hydrogens (tertiary/aromatic N) is 1. The molecule has 5 nitrogen and oxygen atoms in total. The lowest BCUT2D eigenvalue weighted by molar-refractivity contribution is 0.0976. The number of methoxy groups -OCH3 is 1. The molecule has 1 aliphatic rings. The Morgan fingerprint density at radius 2 is 1.84 bits per heavy atom. The highest BCUT2D eigenvalue weighted by Gasteiger charge is 2.15. The summed E-state index contributed by atoms with van der Waals surface area (Å²) in [4.78, 5) is 12.5. The fourth-order valence-corrected chi connectivity index (χ4v) is 3.02. The lowest BCUT2D eigenvalue weighted by Gasteiger charge is -2.18. The number of benzene rings is 2. The summed E-state index contributed by atoms with van der Waals surface area (Å²) in [5.74, 6) is 2.27. The van der Waals surface area contributed by atoms with Crippen LogP contribution in [0.4, 0.5) is 0 Å². The molecule has 0 aliphatic carbocycles. The van der Waals surface area contributed by atoms with Crippen molar-refractivity contribution in [1.82, 2.24) is 4.57 Å². The molecule has 2 aromatic carbocycles. The van der Waals surface area contributed by atoms with Crippen LogP contribution >= 0.6 is 0 Å². The lowest BCUT2D eigenvalue weighted by Crippen LogP contribution is -2.16. The van der Waals surface area contributed by atoms with E-state index in [0.717, 1.165) is 16.5 Å². The van der Waals surface area contributed by atoms with Crippen LogP contribution in [0, 0.1) is 0 Å². The highest BCUT2D eigenvalue weighted by Crippen LogP contribution is 2.31. The maximum Gasteiger partial charge on any atom is 0.164 e. The van der Waals surface area contributed by atoms with Crippen LogP contribution < -0.4 is 14.2 Å². The molecule has 1 aromatic heterocycles. The first kappa shape index (κ1) is 15.6. The lowest BCUT2D eigenvalue weighted by atomic mass is 10.1. The summed E-state index contributed by atoms with van der Waals surface area (Å²) in [6.45, 7) is 1.70. The number of hydrogen-bond donors (Lipinski definition) is 0. The Kier molecular flexibility index (Phi) is 4.06. The first-order valence-corrected chi connectivity index (χ1v) is 8.29. The summed E-state index contributed by atoms with van der Waals surface area (Å²) in [5.41, 5.74) is 0.655. The van der Waals surface area contributed by atoms with Crippen LogP contribution in [0.2, 0.25) is 0 Å². The molecule has 0 bridgehead atoms. The second kappa shape index (κ2) is 6.51. The van der Waals surface area contributed by atoms with Crippen LogP contribution in [0.5, 0.6) is 17.2 Å². The Balaban J connectivity index is 1.46. The molecular weight excluding hydrogens is 318 g/mol. The Morgan fingerprint density at radius 3 is 2.68 bits per heavy atom. The molecular formula is C20H19NO4. The topological polar surface area (TPSA) is 49.7 Å². The zero-order valence-electron chi connectivity index (χ0n) is 14.0. The second-order valence-electron chi connectivity index (χ2n) is 6.02. The van der Waals surface area contributed by atoms with Crippen LogP contribution in [-0.4, -0.2) is 30.7 Å². The molecule has 4 rings (SSSR count). The van der Waals surface area contributed by atoms with E-state index in [-0.39, 0.29) is 5.78 Å². The van der Waals surface area contributed by atoms with Crippen molar-refractivity contribution in [1.29, 1.82) is 0 Å². The zero-order valence-corrected chi connectivity index (χ0v) is 14.0. The van der Waals surface area contributed by atoms with Crippen LogP contribution in [-0.2, 0) is 6.54 Å². The first-order chi connectivity index (χ1) is 12.2. The minimum Gasteiger partial charge on any atom is -0.497 e. The minimum absolute atomic E-state index is 0.0901. The molecule has 1 aliphatic heterocycles. The largest absolute Gasteiger partial charge is 0.497 e. The number of Topliss-reactive ketones (excluding diaryl/α,β-unsaturated/α-hetero) is 1. The van der Waals surface area contributed by atoms with E-state index in [2.05, 4.69) is 0 Å². The second-order valence-corrected chi connectivity index (χ2v) is 6.02. The summed E-state index contributed by atoms with van der Waals surface area (Å²) in [5, 5.41) is 2.23. The minimum atomic E-state index is 0.0901.